The number of carbonyl (C=O) groups is 1. The summed E-state index contributed by atoms with van der Waals surface area (Å²) < 4.78 is 1.64. The van der Waals surface area contributed by atoms with Crippen molar-refractivity contribution in [2.75, 3.05) is 13.1 Å². The Labute approximate surface area is 152 Å². The first-order valence-corrected chi connectivity index (χ1v) is 8.73. The SMILES string of the molecule is CCN(CC)C(=O)c1cc(-c2ccccc2)nn1-c1ccccc1Cl. The van der Waals surface area contributed by atoms with E-state index in [4.69, 9.17) is 11.6 Å². The molecule has 0 aliphatic carbocycles. The molecular formula is C20H20ClN3O. The van der Waals surface area contributed by atoms with Crippen molar-refractivity contribution >= 4 is 17.5 Å². The molecule has 0 radical (unpaired) electrons. The third-order valence-corrected chi connectivity index (χ3v) is 4.45. The van der Waals surface area contributed by atoms with Gasteiger partial charge in [-0.2, -0.15) is 5.10 Å². The second kappa shape index (κ2) is 7.53. The molecule has 0 N–H and O–H groups in total. The van der Waals surface area contributed by atoms with E-state index in [0.717, 1.165) is 11.3 Å². The zero-order chi connectivity index (χ0) is 17.8. The largest absolute Gasteiger partial charge is 0.338 e. The standard InChI is InChI=1S/C20H20ClN3O/c1-3-23(4-2)20(25)19-14-17(15-10-6-5-7-11-15)22-24(19)18-13-9-8-12-16(18)21/h5-14H,3-4H2,1-2H3. The third kappa shape index (κ3) is 3.44. The van der Waals surface area contributed by atoms with Gasteiger partial charge in [-0.1, -0.05) is 54.1 Å². The van der Waals surface area contributed by atoms with Crippen molar-refractivity contribution in [2.45, 2.75) is 13.8 Å². The average Bonchev–Trinajstić information content (AvgIpc) is 3.09. The van der Waals surface area contributed by atoms with Crippen molar-refractivity contribution in [2.24, 2.45) is 0 Å². The molecule has 1 heterocycles. The molecule has 3 aromatic rings. The Morgan fingerprint density at radius 3 is 2.32 bits per heavy atom. The molecule has 0 unspecified atom stereocenters. The summed E-state index contributed by atoms with van der Waals surface area (Å²) in [6.07, 6.45) is 0. The quantitative estimate of drug-likeness (QED) is 0.668. The lowest BCUT2D eigenvalue weighted by Gasteiger charge is -2.19. The number of hydrogen-bond donors (Lipinski definition) is 0. The Morgan fingerprint density at radius 2 is 1.68 bits per heavy atom. The maximum atomic E-state index is 13.0. The summed E-state index contributed by atoms with van der Waals surface area (Å²) in [5, 5.41) is 5.22. The van der Waals surface area contributed by atoms with Gasteiger partial charge in [0, 0.05) is 18.7 Å². The van der Waals surface area contributed by atoms with Gasteiger partial charge in [-0.05, 0) is 32.0 Å². The molecule has 1 aromatic heterocycles. The van der Waals surface area contributed by atoms with E-state index in [1.807, 2.05) is 68.4 Å². The molecule has 5 heteroatoms. The number of benzene rings is 2. The van der Waals surface area contributed by atoms with Crippen molar-refractivity contribution < 1.29 is 4.79 Å². The van der Waals surface area contributed by atoms with Crippen LogP contribution in [0.2, 0.25) is 5.02 Å². The van der Waals surface area contributed by atoms with E-state index < -0.39 is 0 Å². The highest BCUT2D eigenvalue weighted by Crippen LogP contribution is 2.26. The van der Waals surface area contributed by atoms with Crippen LogP contribution in [-0.4, -0.2) is 33.7 Å². The van der Waals surface area contributed by atoms with Gasteiger partial charge in [0.2, 0.25) is 0 Å². The molecule has 0 atom stereocenters. The normalized spacial score (nSPS) is 10.7. The van der Waals surface area contributed by atoms with Gasteiger partial charge in [-0.15, -0.1) is 0 Å². The number of nitrogens with zero attached hydrogens (tertiary/aromatic N) is 3. The first-order valence-electron chi connectivity index (χ1n) is 8.35. The van der Waals surface area contributed by atoms with Crippen LogP contribution in [-0.2, 0) is 0 Å². The zero-order valence-electron chi connectivity index (χ0n) is 14.3. The van der Waals surface area contributed by atoms with Crippen LogP contribution < -0.4 is 0 Å². The lowest BCUT2D eigenvalue weighted by atomic mass is 10.1. The maximum absolute atomic E-state index is 13.0. The Morgan fingerprint density at radius 1 is 1.04 bits per heavy atom. The van der Waals surface area contributed by atoms with Gasteiger partial charge in [0.05, 0.1) is 16.4 Å². The van der Waals surface area contributed by atoms with Crippen LogP contribution >= 0.6 is 11.6 Å². The monoisotopic (exact) mass is 353 g/mol. The van der Waals surface area contributed by atoms with Crippen LogP contribution in [0.15, 0.2) is 60.7 Å². The summed E-state index contributed by atoms with van der Waals surface area (Å²) in [4.78, 5) is 14.8. The van der Waals surface area contributed by atoms with Crippen LogP contribution in [0.4, 0.5) is 0 Å². The molecule has 0 saturated carbocycles. The number of aromatic nitrogens is 2. The predicted molar refractivity (Wildman–Crippen MR) is 101 cm³/mol. The molecule has 128 valence electrons. The van der Waals surface area contributed by atoms with Crippen LogP contribution in [0.25, 0.3) is 16.9 Å². The first-order chi connectivity index (χ1) is 12.2. The van der Waals surface area contributed by atoms with Crippen molar-refractivity contribution in [3.8, 4) is 16.9 Å². The molecule has 0 spiro atoms. The minimum Gasteiger partial charge on any atom is -0.338 e. The molecule has 1 amide bonds. The van der Waals surface area contributed by atoms with Gasteiger partial charge in [-0.25, -0.2) is 4.68 Å². The van der Waals surface area contributed by atoms with E-state index in [2.05, 4.69) is 5.10 Å². The smallest absolute Gasteiger partial charge is 0.272 e. The number of para-hydroxylation sites is 1. The Bertz CT molecular complexity index is 870. The summed E-state index contributed by atoms with van der Waals surface area (Å²) in [5.41, 5.74) is 2.91. The van der Waals surface area contributed by atoms with E-state index in [1.54, 1.807) is 15.6 Å². The highest BCUT2D eigenvalue weighted by molar-refractivity contribution is 6.32. The minimum atomic E-state index is -0.0559. The Hall–Kier alpha value is -2.59. The van der Waals surface area contributed by atoms with Gasteiger partial charge < -0.3 is 4.90 Å². The number of rotatable bonds is 5. The fourth-order valence-electron chi connectivity index (χ4n) is 2.76. The molecule has 0 saturated heterocycles. The van der Waals surface area contributed by atoms with Gasteiger partial charge >= 0.3 is 0 Å². The maximum Gasteiger partial charge on any atom is 0.272 e. The summed E-state index contributed by atoms with van der Waals surface area (Å²) in [6, 6.07) is 19.1. The highest BCUT2D eigenvalue weighted by atomic mass is 35.5. The molecule has 0 fully saturated rings. The van der Waals surface area contributed by atoms with Crippen LogP contribution in [0, 0.1) is 0 Å². The molecule has 4 nitrogen and oxygen atoms in total. The second-order valence-corrected chi connectivity index (χ2v) is 6.03. The molecular weight excluding hydrogens is 334 g/mol. The number of hydrogen-bond acceptors (Lipinski definition) is 2. The highest BCUT2D eigenvalue weighted by Gasteiger charge is 2.22. The summed E-state index contributed by atoms with van der Waals surface area (Å²) in [6.45, 7) is 5.22. The second-order valence-electron chi connectivity index (χ2n) is 5.62. The van der Waals surface area contributed by atoms with E-state index >= 15 is 0 Å². The number of amides is 1. The van der Waals surface area contributed by atoms with Gasteiger partial charge in [-0.3, -0.25) is 4.79 Å². The van der Waals surface area contributed by atoms with E-state index in [1.165, 1.54) is 0 Å². The Balaban J connectivity index is 2.17. The van der Waals surface area contributed by atoms with Gasteiger partial charge in [0.25, 0.3) is 5.91 Å². The summed E-state index contributed by atoms with van der Waals surface area (Å²) >= 11 is 6.35. The van der Waals surface area contributed by atoms with Crippen LogP contribution in [0.3, 0.4) is 0 Å². The first kappa shape index (κ1) is 17.2. The van der Waals surface area contributed by atoms with Crippen LogP contribution in [0.1, 0.15) is 24.3 Å². The lowest BCUT2D eigenvalue weighted by molar-refractivity contribution is 0.0764. The molecule has 0 aliphatic rings. The molecule has 0 bridgehead atoms. The van der Waals surface area contributed by atoms with Gasteiger partial charge in [0.1, 0.15) is 5.69 Å². The summed E-state index contributed by atoms with van der Waals surface area (Å²) in [7, 11) is 0. The fourth-order valence-corrected chi connectivity index (χ4v) is 2.98. The van der Waals surface area contributed by atoms with Crippen molar-refractivity contribution in [3.63, 3.8) is 0 Å². The van der Waals surface area contributed by atoms with Crippen molar-refractivity contribution in [3.05, 3.63) is 71.4 Å². The fraction of sp³-hybridized carbons (Fsp3) is 0.200. The van der Waals surface area contributed by atoms with Crippen molar-refractivity contribution in [1.29, 1.82) is 0 Å². The molecule has 0 aliphatic heterocycles. The topological polar surface area (TPSA) is 38.1 Å². The number of carbonyl (C=O) groups excluding carboxylic acids is 1. The van der Waals surface area contributed by atoms with Crippen molar-refractivity contribution in [1.82, 2.24) is 14.7 Å². The minimum absolute atomic E-state index is 0.0559. The van der Waals surface area contributed by atoms with E-state index in [0.29, 0.717) is 29.5 Å². The third-order valence-electron chi connectivity index (χ3n) is 4.13. The van der Waals surface area contributed by atoms with Crippen LogP contribution in [0.5, 0.6) is 0 Å². The lowest BCUT2D eigenvalue weighted by Crippen LogP contribution is -2.32. The molecule has 3 rings (SSSR count). The molecule has 2 aromatic carbocycles. The predicted octanol–water partition coefficient (Wildman–Crippen LogP) is 4.67. The molecule has 25 heavy (non-hydrogen) atoms. The van der Waals surface area contributed by atoms with E-state index in [9.17, 15) is 4.79 Å². The van der Waals surface area contributed by atoms with E-state index in [-0.39, 0.29) is 5.91 Å². The van der Waals surface area contributed by atoms with Gasteiger partial charge in [0.15, 0.2) is 0 Å². The Kier molecular flexibility index (Phi) is 5.19. The summed E-state index contributed by atoms with van der Waals surface area (Å²) in [5.74, 6) is -0.0559. The number of halogens is 1. The average molecular weight is 354 g/mol. The zero-order valence-corrected chi connectivity index (χ0v) is 15.1.